The molecule has 2 nitrogen and oxygen atoms in total. The van der Waals surface area contributed by atoms with Crippen LogP contribution in [0.15, 0.2) is 24.3 Å². The van der Waals surface area contributed by atoms with Gasteiger partial charge in [-0.2, -0.15) is 0 Å². The third-order valence-electron chi connectivity index (χ3n) is 3.46. The Morgan fingerprint density at radius 3 is 2.37 bits per heavy atom. The molecule has 1 unspecified atom stereocenters. The molecule has 1 atom stereocenters. The molecule has 1 rings (SSSR count). The monoisotopic (exact) mass is 262 g/mol. The van der Waals surface area contributed by atoms with Crippen LogP contribution in [0, 0.1) is 12.3 Å². The molecule has 0 amide bonds. The number of benzene rings is 1. The Hall–Kier alpha value is -0.860. The second-order valence-electron chi connectivity index (χ2n) is 6.78. The lowest BCUT2D eigenvalue weighted by atomic mass is 9.95. The maximum absolute atomic E-state index is 3.45. The van der Waals surface area contributed by atoms with E-state index < -0.39 is 0 Å². The van der Waals surface area contributed by atoms with Gasteiger partial charge in [0.05, 0.1) is 0 Å². The van der Waals surface area contributed by atoms with Crippen LogP contribution in [0.4, 0.5) is 0 Å². The van der Waals surface area contributed by atoms with Crippen LogP contribution in [-0.2, 0) is 0 Å². The fraction of sp³-hybridized carbons (Fsp3) is 0.647. The molecule has 108 valence electrons. The first-order valence-corrected chi connectivity index (χ1v) is 7.25. The van der Waals surface area contributed by atoms with Gasteiger partial charge in [0, 0.05) is 12.6 Å². The minimum absolute atomic E-state index is 0.368. The molecule has 0 bridgehead atoms. The Kier molecular flexibility index (Phi) is 6.02. The highest BCUT2D eigenvalue weighted by Crippen LogP contribution is 2.21. The molecule has 0 aromatic heterocycles. The summed E-state index contributed by atoms with van der Waals surface area (Å²) in [5.74, 6) is 0. The Balaban J connectivity index is 2.57. The number of hydrogen-bond donors (Lipinski definition) is 1. The van der Waals surface area contributed by atoms with E-state index in [0.717, 1.165) is 19.5 Å². The Morgan fingerprint density at radius 2 is 1.84 bits per heavy atom. The summed E-state index contributed by atoms with van der Waals surface area (Å²) in [5.41, 5.74) is 3.17. The van der Waals surface area contributed by atoms with Crippen LogP contribution in [0.1, 0.15) is 44.4 Å². The quantitative estimate of drug-likeness (QED) is 0.842. The SMILES string of the molecule is CNC(CCN(C)CC(C)(C)C)c1ccccc1C. The highest BCUT2D eigenvalue weighted by atomic mass is 15.1. The van der Waals surface area contributed by atoms with Crippen molar-refractivity contribution in [1.29, 1.82) is 0 Å². The summed E-state index contributed by atoms with van der Waals surface area (Å²) in [6.45, 7) is 11.3. The molecule has 0 radical (unpaired) electrons. The van der Waals surface area contributed by atoms with E-state index in [2.05, 4.69) is 76.3 Å². The van der Waals surface area contributed by atoms with E-state index in [1.54, 1.807) is 0 Å². The van der Waals surface area contributed by atoms with Crippen molar-refractivity contribution >= 4 is 0 Å². The van der Waals surface area contributed by atoms with Gasteiger partial charge in [-0.25, -0.2) is 0 Å². The third-order valence-corrected chi connectivity index (χ3v) is 3.46. The first kappa shape index (κ1) is 16.2. The summed E-state index contributed by atoms with van der Waals surface area (Å²) < 4.78 is 0. The third kappa shape index (κ3) is 5.75. The largest absolute Gasteiger partial charge is 0.313 e. The summed E-state index contributed by atoms with van der Waals surface area (Å²) in [5, 5.41) is 3.45. The lowest BCUT2D eigenvalue weighted by molar-refractivity contribution is 0.218. The van der Waals surface area contributed by atoms with Crippen molar-refractivity contribution in [2.75, 3.05) is 27.2 Å². The lowest BCUT2D eigenvalue weighted by Gasteiger charge is -2.28. The molecule has 1 aromatic carbocycles. The number of aryl methyl sites for hydroxylation is 1. The average Bonchev–Trinajstić information content (AvgIpc) is 2.29. The van der Waals surface area contributed by atoms with Gasteiger partial charge in [-0.05, 0) is 50.5 Å². The van der Waals surface area contributed by atoms with E-state index in [0.29, 0.717) is 11.5 Å². The van der Waals surface area contributed by atoms with Crippen molar-refractivity contribution in [3.05, 3.63) is 35.4 Å². The molecule has 0 fully saturated rings. The summed E-state index contributed by atoms with van der Waals surface area (Å²) in [4.78, 5) is 2.43. The maximum Gasteiger partial charge on any atom is 0.0332 e. The van der Waals surface area contributed by atoms with Crippen molar-refractivity contribution in [1.82, 2.24) is 10.2 Å². The summed E-state index contributed by atoms with van der Waals surface area (Å²) in [6.07, 6.45) is 1.15. The zero-order chi connectivity index (χ0) is 14.5. The van der Waals surface area contributed by atoms with E-state index >= 15 is 0 Å². The molecular formula is C17H30N2. The van der Waals surface area contributed by atoms with Gasteiger partial charge < -0.3 is 10.2 Å². The smallest absolute Gasteiger partial charge is 0.0332 e. The fourth-order valence-corrected chi connectivity index (χ4v) is 2.67. The van der Waals surface area contributed by atoms with Crippen LogP contribution in [0.25, 0.3) is 0 Å². The van der Waals surface area contributed by atoms with Crippen LogP contribution >= 0.6 is 0 Å². The van der Waals surface area contributed by atoms with Crippen molar-refractivity contribution in [2.45, 2.75) is 40.2 Å². The second-order valence-corrected chi connectivity index (χ2v) is 6.78. The topological polar surface area (TPSA) is 15.3 Å². The van der Waals surface area contributed by atoms with Crippen LogP contribution in [0.3, 0.4) is 0 Å². The first-order chi connectivity index (χ1) is 8.83. The normalized spacial score (nSPS) is 13.8. The molecule has 1 N–H and O–H groups in total. The molecule has 0 saturated carbocycles. The van der Waals surface area contributed by atoms with Gasteiger partial charge >= 0.3 is 0 Å². The minimum Gasteiger partial charge on any atom is -0.313 e. The minimum atomic E-state index is 0.368. The molecule has 0 aliphatic heterocycles. The average molecular weight is 262 g/mol. The van der Waals surface area contributed by atoms with Gasteiger partial charge in [0.1, 0.15) is 0 Å². The summed E-state index contributed by atoms with van der Waals surface area (Å²) in [7, 11) is 4.27. The highest BCUT2D eigenvalue weighted by molar-refractivity contribution is 5.28. The van der Waals surface area contributed by atoms with E-state index in [1.807, 2.05) is 0 Å². The number of nitrogens with one attached hydrogen (secondary N) is 1. The number of hydrogen-bond acceptors (Lipinski definition) is 2. The Labute approximate surface area is 119 Å². The van der Waals surface area contributed by atoms with Crippen LogP contribution in [0.5, 0.6) is 0 Å². The van der Waals surface area contributed by atoms with Gasteiger partial charge in [-0.3, -0.25) is 0 Å². The van der Waals surface area contributed by atoms with Crippen molar-refractivity contribution in [2.24, 2.45) is 5.41 Å². The number of rotatable bonds is 6. The van der Waals surface area contributed by atoms with Gasteiger partial charge in [-0.1, -0.05) is 45.0 Å². The maximum atomic E-state index is 3.45. The molecule has 1 aromatic rings. The fourth-order valence-electron chi connectivity index (χ4n) is 2.67. The first-order valence-electron chi connectivity index (χ1n) is 7.25. The molecule has 0 saturated heterocycles. The molecule has 0 spiro atoms. The molecular weight excluding hydrogens is 232 g/mol. The van der Waals surface area contributed by atoms with Gasteiger partial charge in [0.15, 0.2) is 0 Å². The van der Waals surface area contributed by atoms with Crippen LogP contribution in [-0.4, -0.2) is 32.1 Å². The van der Waals surface area contributed by atoms with Crippen molar-refractivity contribution < 1.29 is 0 Å². The standard InChI is InChI=1S/C17H30N2/c1-14-9-7-8-10-15(14)16(18-5)11-12-19(6)13-17(2,3)4/h7-10,16,18H,11-13H2,1-6H3. The zero-order valence-electron chi connectivity index (χ0n) is 13.5. The highest BCUT2D eigenvalue weighted by Gasteiger charge is 2.16. The van der Waals surface area contributed by atoms with Gasteiger partial charge in [0.25, 0.3) is 0 Å². The molecule has 0 heterocycles. The lowest BCUT2D eigenvalue weighted by Crippen LogP contribution is -2.32. The summed E-state index contributed by atoms with van der Waals surface area (Å²) >= 11 is 0. The Morgan fingerprint density at radius 1 is 1.21 bits per heavy atom. The van der Waals surface area contributed by atoms with E-state index in [1.165, 1.54) is 11.1 Å². The molecule has 2 heteroatoms. The second kappa shape index (κ2) is 7.06. The van der Waals surface area contributed by atoms with E-state index in [9.17, 15) is 0 Å². The van der Waals surface area contributed by atoms with Crippen LogP contribution in [0.2, 0.25) is 0 Å². The molecule has 19 heavy (non-hydrogen) atoms. The van der Waals surface area contributed by atoms with E-state index in [4.69, 9.17) is 0 Å². The Bertz CT molecular complexity index is 379. The molecule has 0 aliphatic rings. The number of nitrogens with zero attached hydrogens (tertiary/aromatic N) is 1. The van der Waals surface area contributed by atoms with Crippen molar-refractivity contribution in [3.8, 4) is 0 Å². The predicted molar refractivity (Wildman–Crippen MR) is 84.5 cm³/mol. The van der Waals surface area contributed by atoms with E-state index in [-0.39, 0.29) is 0 Å². The predicted octanol–water partition coefficient (Wildman–Crippen LogP) is 3.62. The zero-order valence-corrected chi connectivity index (χ0v) is 13.5. The summed E-state index contributed by atoms with van der Waals surface area (Å²) in [6, 6.07) is 9.12. The van der Waals surface area contributed by atoms with Crippen molar-refractivity contribution in [3.63, 3.8) is 0 Å². The van der Waals surface area contributed by atoms with Crippen LogP contribution < -0.4 is 5.32 Å². The van der Waals surface area contributed by atoms with Gasteiger partial charge in [-0.15, -0.1) is 0 Å². The molecule has 0 aliphatic carbocycles. The van der Waals surface area contributed by atoms with Gasteiger partial charge in [0.2, 0.25) is 0 Å².